The van der Waals surface area contributed by atoms with E-state index < -0.39 is 0 Å². The number of esters is 1. The van der Waals surface area contributed by atoms with Crippen LogP contribution >= 0.6 is 11.8 Å². The van der Waals surface area contributed by atoms with Crippen LogP contribution in [0.3, 0.4) is 0 Å². The Balaban J connectivity index is 2.07. The molecule has 0 bridgehead atoms. The molecule has 0 spiro atoms. The van der Waals surface area contributed by atoms with Crippen molar-refractivity contribution in [3.8, 4) is 17.1 Å². The standard InChI is InChI=1S/C14H17N3O3S/c1-9(2)20-12(19)8-21-14-16-15-13(17(14)3)10-4-6-11(18)7-5-10/h4-7,9,18H,8H2,1-3H3. The van der Waals surface area contributed by atoms with Gasteiger partial charge in [-0.1, -0.05) is 11.8 Å². The van der Waals surface area contributed by atoms with E-state index in [0.29, 0.717) is 11.0 Å². The molecule has 1 aromatic carbocycles. The summed E-state index contributed by atoms with van der Waals surface area (Å²) in [6, 6.07) is 6.72. The van der Waals surface area contributed by atoms with Crippen molar-refractivity contribution in [2.24, 2.45) is 7.05 Å². The molecule has 0 aliphatic heterocycles. The minimum Gasteiger partial charge on any atom is -0.508 e. The van der Waals surface area contributed by atoms with Gasteiger partial charge in [0.1, 0.15) is 5.75 Å². The molecule has 0 radical (unpaired) electrons. The summed E-state index contributed by atoms with van der Waals surface area (Å²) < 4.78 is 6.88. The number of carbonyl (C=O) groups excluding carboxylic acids is 1. The average Bonchev–Trinajstić information content (AvgIpc) is 2.78. The van der Waals surface area contributed by atoms with E-state index >= 15 is 0 Å². The van der Waals surface area contributed by atoms with Crippen molar-refractivity contribution >= 4 is 17.7 Å². The molecule has 21 heavy (non-hydrogen) atoms. The summed E-state index contributed by atoms with van der Waals surface area (Å²) in [6.45, 7) is 3.63. The maximum Gasteiger partial charge on any atom is 0.316 e. The number of carbonyl (C=O) groups is 1. The van der Waals surface area contributed by atoms with Crippen LogP contribution in [0.25, 0.3) is 11.4 Å². The fourth-order valence-electron chi connectivity index (χ4n) is 1.72. The molecule has 0 unspecified atom stereocenters. The van der Waals surface area contributed by atoms with Gasteiger partial charge in [-0.25, -0.2) is 0 Å². The Hall–Kier alpha value is -2.02. The fraction of sp³-hybridized carbons (Fsp3) is 0.357. The number of hydrogen-bond acceptors (Lipinski definition) is 6. The molecule has 2 aromatic rings. The Morgan fingerprint density at radius 2 is 2.00 bits per heavy atom. The Kier molecular flexibility index (Phi) is 4.85. The van der Waals surface area contributed by atoms with Crippen LogP contribution in [0.4, 0.5) is 0 Å². The second-order valence-corrected chi connectivity index (χ2v) is 5.68. The van der Waals surface area contributed by atoms with Gasteiger partial charge in [0.25, 0.3) is 0 Å². The van der Waals surface area contributed by atoms with E-state index in [0.717, 1.165) is 5.56 Å². The number of aromatic hydroxyl groups is 1. The first kappa shape index (κ1) is 15.4. The third-order valence-corrected chi connectivity index (χ3v) is 3.64. The maximum atomic E-state index is 11.5. The summed E-state index contributed by atoms with van der Waals surface area (Å²) in [5.74, 6) is 0.797. The van der Waals surface area contributed by atoms with Gasteiger partial charge in [-0.15, -0.1) is 10.2 Å². The van der Waals surface area contributed by atoms with Crippen LogP contribution in [0.2, 0.25) is 0 Å². The van der Waals surface area contributed by atoms with Crippen molar-refractivity contribution in [1.82, 2.24) is 14.8 Å². The average molecular weight is 307 g/mol. The van der Waals surface area contributed by atoms with Gasteiger partial charge in [-0.05, 0) is 38.1 Å². The van der Waals surface area contributed by atoms with E-state index in [1.165, 1.54) is 11.8 Å². The second kappa shape index (κ2) is 6.62. The number of aromatic nitrogens is 3. The van der Waals surface area contributed by atoms with Gasteiger partial charge in [0.2, 0.25) is 0 Å². The smallest absolute Gasteiger partial charge is 0.316 e. The van der Waals surface area contributed by atoms with Crippen LogP contribution in [0.5, 0.6) is 5.75 Å². The first-order valence-corrected chi connectivity index (χ1v) is 7.47. The lowest BCUT2D eigenvalue weighted by Crippen LogP contribution is -2.13. The van der Waals surface area contributed by atoms with Gasteiger partial charge < -0.3 is 14.4 Å². The van der Waals surface area contributed by atoms with Crippen molar-refractivity contribution in [2.45, 2.75) is 25.1 Å². The van der Waals surface area contributed by atoms with E-state index in [-0.39, 0.29) is 23.6 Å². The lowest BCUT2D eigenvalue weighted by Gasteiger charge is -2.07. The second-order valence-electron chi connectivity index (χ2n) is 4.74. The lowest BCUT2D eigenvalue weighted by atomic mass is 10.2. The van der Waals surface area contributed by atoms with Crippen molar-refractivity contribution < 1.29 is 14.6 Å². The lowest BCUT2D eigenvalue weighted by molar-refractivity contribution is -0.144. The van der Waals surface area contributed by atoms with Crippen LogP contribution in [-0.2, 0) is 16.6 Å². The fourth-order valence-corrected chi connectivity index (χ4v) is 2.42. The van der Waals surface area contributed by atoms with Crippen molar-refractivity contribution in [3.05, 3.63) is 24.3 Å². The van der Waals surface area contributed by atoms with Gasteiger partial charge in [0, 0.05) is 12.6 Å². The molecule has 1 N–H and O–H groups in total. The SMILES string of the molecule is CC(C)OC(=O)CSc1nnc(-c2ccc(O)cc2)n1C. The molecule has 2 rings (SSSR count). The van der Waals surface area contributed by atoms with E-state index in [1.807, 2.05) is 20.9 Å². The number of hydrogen-bond donors (Lipinski definition) is 1. The molecule has 1 heterocycles. The number of thioether (sulfide) groups is 1. The maximum absolute atomic E-state index is 11.5. The quantitative estimate of drug-likeness (QED) is 0.674. The Morgan fingerprint density at radius 1 is 1.33 bits per heavy atom. The number of nitrogens with zero attached hydrogens (tertiary/aromatic N) is 3. The van der Waals surface area contributed by atoms with Crippen LogP contribution in [-0.4, -0.2) is 37.7 Å². The highest BCUT2D eigenvalue weighted by molar-refractivity contribution is 7.99. The molecule has 0 amide bonds. The number of ether oxygens (including phenoxy) is 1. The predicted molar refractivity (Wildman–Crippen MR) is 80.1 cm³/mol. The third-order valence-electron chi connectivity index (χ3n) is 2.65. The van der Waals surface area contributed by atoms with Crippen LogP contribution < -0.4 is 0 Å². The first-order chi connectivity index (χ1) is 9.97. The molecule has 0 aliphatic carbocycles. The summed E-state index contributed by atoms with van der Waals surface area (Å²) >= 11 is 1.28. The zero-order chi connectivity index (χ0) is 15.4. The Bertz CT molecular complexity index is 623. The first-order valence-electron chi connectivity index (χ1n) is 6.48. The molecule has 7 heteroatoms. The number of phenolic OH excluding ortho intramolecular Hbond substituents is 1. The topological polar surface area (TPSA) is 77.2 Å². The Morgan fingerprint density at radius 3 is 2.62 bits per heavy atom. The zero-order valence-corrected chi connectivity index (χ0v) is 12.9. The highest BCUT2D eigenvalue weighted by Gasteiger charge is 2.14. The normalized spacial score (nSPS) is 10.9. The summed E-state index contributed by atoms with van der Waals surface area (Å²) in [6.07, 6.45) is -0.120. The molecule has 6 nitrogen and oxygen atoms in total. The van der Waals surface area contributed by atoms with E-state index in [9.17, 15) is 9.90 Å². The summed E-state index contributed by atoms with van der Waals surface area (Å²) in [5.41, 5.74) is 0.847. The number of phenols is 1. The molecule has 0 fully saturated rings. The predicted octanol–water partition coefficient (Wildman–Crippen LogP) is 2.23. The van der Waals surface area contributed by atoms with Gasteiger partial charge in [0.05, 0.1) is 11.9 Å². The van der Waals surface area contributed by atoms with Crippen molar-refractivity contribution in [2.75, 3.05) is 5.75 Å². The third kappa shape index (κ3) is 3.98. The minimum atomic E-state index is -0.274. The monoisotopic (exact) mass is 307 g/mol. The van der Waals surface area contributed by atoms with E-state index in [4.69, 9.17) is 4.74 Å². The summed E-state index contributed by atoms with van der Waals surface area (Å²) in [5, 5.41) is 18.1. The largest absolute Gasteiger partial charge is 0.508 e. The van der Waals surface area contributed by atoms with Gasteiger partial charge in [-0.2, -0.15) is 0 Å². The Labute approximate surface area is 127 Å². The molecule has 1 aromatic heterocycles. The molecule has 0 aliphatic rings. The van der Waals surface area contributed by atoms with Gasteiger partial charge in [0.15, 0.2) is 11.0 Å². The van der Waals surface area contributed by atoms with Gasteiger partial charge >= 0.3 is 5.97 Å². The highest BCUT2D eigenvalue weighted by atomic mass is 32.2. The van der Waals surface area contributed by atoms with Crippen molar-refractivity contribution in [3.63, 3.8) is 0 Å². The number of benzene rings is 1. The number of rotatable bonds is 5. The molecule has 0 atom stereocenters. The van der Waals surface area contributed by atoms with Crippen LogP contribution in [0, 0.1) is 0 Å². The molecule has 112 valence electrons. The van der Waals surface area contributed by atoms with Gasteiger partial charge in [-0.3, -0.25) is 4.79 Å². The van der Waals surface area contributed by atoms with E-state index in [1.54, 1.807) is 28.8 Å². The molecular formula is C14H17N3O3S. The van der Waals surface area contributed by atoms with E-state index in [2.05, 4.69) is 10.2 Å². The summed E-state index contributed by atoms with van der Waals surface area (Å²) in [7, 11) is 1.83. The molecule has 0 saturated heterocycles. The molecule has 0 saturated carbocycles. The van der Waals surface area contributed by atoms with Crippen LogP contribution in [0.1, 0.15) is 13.8 Å². The van der Waals surface area contributed by atoms with Crippen LogP contribution in [0.15, 0.2) is 29.4 Å². The molecular weight excluding hydrogens is 290 g/mol. The zero-order valence-electron chi connectivity index (χ0n) is 12.1. The minimum absolute atomic E-state index is 0.120. The summed E-state index contributed by atoms with van der Waals surface area (Å²) in [4.78, 5) is 11.5. The van der Waals surface area contributed by atoms with Crippen molar-refractivity contribution in [1.29, 1.82) is 0 Å². The highest BCUT2D eigenvalue weighted by Crippen LogP contribution is 2.24.